The highest BCUT2D eigenvalue weighted by Gasteiger charge is 2.13. The Morgan fingerprint density at radius 3 is 2.47 bits per heavy atom. The molecular formula is C14H23NO2. The van der Waals surface area contributed by atoms with E-state index in [1.54, 1.807) is 0 Å². The predicted octanol–water partition coefficient (Wildman–Crippen LogP) is 2.41. The van der Waals surface area contributed by atoms with E-state index in [1.807, 2.05) is 45.9 Å². The fourth-order valence-corrected chi connectivity index (χ4v) is 1.51. The standard InChI is InChI=1S/C14H23NO2/c1-9(2)13(16)8-17-14-7-10(3)5-6-12(14)11(4)15/h5-7,9,11,13,16H,8,15H2,1-4H3/t11-,13?/m0/s1. The third-order valence-electron chi connectivity index (χ3n) is 2.84. The highest BCUT2D eigenvalue weighted by Crippen LogP contribution is 2.25. The molecule has 0 amide bonds. The Morgan fingerprint density at radius 2 is 1.94 bits per heavy atom. The van der Waals surface area contributed by atoms with Crippen LogP contribution >= 0.6 is 0 Å². The van der Waals surface area contributed by atoms with Crippen molar-refractivity contribution in [1.82, 2.24) is 0 Å². The average molecular weight is 237 g/mol. The minimum Gasteiger partial charge on any atom is -0.491 e. The molecule has 1 rings (SSSR count). The molecule has 3 heteroatoms. The minimum absolute atomic E-state index is 0.0678. The van der Waals surface area contributed by atoms with Gasteiger partial charge in [-0.2, -0.15) is 0 Å². The zero-order valence-electron chi connectivity index (χ0n) is 11.1. The lowest BCUT2D eigenvalue weighted by atomic mass is 10.1. The van der Waals surface area contributed by atoms with Crippen LogP contribution < -0.4 is 10.5 Å². The second-order valence-corrected chi connectivity index (χ2v) is 4.95. The maximum absolute atomic E-state index is 9.73. The van der Waals surface area contributed by atoms with Crippen molar-refractivity contribution >= 4 is 0 Å². The fraction of sp³-hybridized carbons (Fsp3) is 0.571. The van der Waals surface area contributed by atoms with E-state index >= 15 is 0 Å². The van der Waals surface area contributed by atoms with Gasteiger partial charge in [-0.05, 0) is 31.4 Å². The van der Waals surface area contributed by atoms with E-state index in [-0.39, 0.29) is 12.0 Å². The summed E-state index contributed by atoms with van der Waals surface area (Å²) >= 11 is 0. The molecule has 3 N–H and O–H groups in total. The summed E-state index contributed by atoms with van der Waals surface area (Å²) in [5.41, 5.74) is 7.99. The van der Waals surface area contributed by atoms with Gasteiger partial charge in [0.25, 0.3) is 0 Å². The summed E-state index contributed by atoms with van der Waals surface area (Å²) in [7, 11) is 0. The van der Waals surface area contributed by atoms with Gasteiger partial charge in [0.2, 0.25) is 0 Å². The molecule has 0 aliphatic carbocycles. The van der Waals surface area contributed by atoms with Gasteiger partial charge in [-0.15, -0.1) is 0 Å². The topological polar surface area (TPSA) is 55.5 Å². The highest BCUT2D eigenvalue weighted by molar-refractivity contribution is 5.38. The van der Waals surface area contributed by atoms with Crippen molar-refractivity contribution in [3.63, 3.8) is 0 Å². The zero-order chi connectivity index (χ0) is 13.0. The van der Waals surface area contributed by atoms with Gasteiger partial charge >= 0.3 is 0 Å². The van der Waals surface area contributed by atoms with Gasteiger partial charge in [0.05, 0.1) is 6.10 Å². The van der Waals surface area contributed by atoms with Gasteiger partial charge in [0.15, 0.2) is 0 Å². The summed E-state index contributed by atoms with van der Waals surface area (Å²) < 4.78 is 5.67. The number of aliphatic hydroxyl groups is 1. The van der Waals surface area contributed by atoms with E-state index in [4.69, 9.17) is 10.5 Å². The van der Waals surface area contributed by atoms with E-state index < -0.39 is 6.10 Å². The summed E-state index contributed by atoms with van der Waals surface area (Å²) in [5, 5.41) is 9.73. The van der Waals surface area contributed by atoms with Gasteiger partial charge in [-0.25, -0.2) is 0 Å². The molecule has 1 unspecified atom stereocenters. The van der Waals surface area contributed by atoms with Crippen LogP contribution in [0.1, 0.15) is 37.9 Å². The van der Waals surface area contributed by atoms with Crippen LogP contribution in [-0.2, 0) is 0 Å². The van der Waals surface area contributed by atoms with E-state index in [1.165, 1.54) is 0 Å². The third kappa shape index (κ3) is 4.02. The van der Waals surface area contributed by atoms with E-state index in [0.717, 1.165) is 16.9 Å². The first kappa shape index (κ1) is 14.0. The first-order chi connectivity index (χ1) is 7.91. The van der Waals surface area contributed by atoms with E-state index in [9.17, 15) is 5.11 Å². The second kappa shape index (κ2) is 6.03. The first-order valence-electron chi connectivity index (χ1n) is 6.08. The molecule has 2 atom stereocenters. The number of aryl methyl sites for hydroxylation is 1. The molecule has 0 fully saturated rings. The molecule has 0 aliphatic rings. The van der Waals surface area contributed by atoms with Crippen molar-refractivity contribution < 1.29 is 9.84 Å². The number of ether oxygens (including phenoxy) is 1. The lowest BCUT2D eigenvalue weighted by Crippen LogP contribution is -2.24. The van der Waals surface area contributed by atoms with Crippen molar-refractivity contribution in [3.05, 3.63) is 29.3 Å². The summed E-state index contributed by atoms with van der Waals surface area (Å²) in [6.07, 6.45) is -0.448. The molecule has 3 nitrogen and oxygen atoms in total. The molecule has 0 saturated heterocycles. The molecule has 0 aromatic heterocycles. The summed E-state index contributed by atoms with van der Waals surface area (Å²) in [6.45, 7) is 8.18. The summed E-state index contributed by atoms with van der Waals surface area (Å²) in [5.74, 6) is 0.971. The average Bonchev–Trinajstić information content (AvgIpc) is 2.25. The van der Waals surface area contributed by atoms with Crippen LogP contribution in [0.2, 0.25) is 0 Å². The highest BCUT2D eigenvalue weighted by atomic mass is 16.5. The van der Waals surface area contributed by atoms with E-state index in [0.29, 0.717) is 6.61 Å². The van der Waals surface area contributed by atoms with Gasteiger partial charge in [0, 0.05) is 11.6 Å². The van der Waals surface area contributed by atoms with Crippen molar-refractivity contribution in [2.24, 2.45) is 11.7 Å². The van der Waals surface area contributed by atoms with Crippen molar-refractivity contribution in [2.45, 2.75) is 39.8 Å². The molecule has 0 spiro atoms. The molecule has 0 aliphatic heterocycles. The smallest absolute Gasteiger partial charge is 0.124 e. The van der Waals surface area contributed by atoms with Gasteiger partial charge in [-0.1, -0.05) is 26.0 Å². The predicted molar refractivity (Wildman–Crippen MR) is 70.1 cm³/mol. The number of hydrogen-bond donors (Lipinski definition) is 2. The Morgan fingerprint density at radius 1 is 1.29 bits per heavy atom. The number of hydrogen-bond acceptors (Lipinski definition) is 3. The molecule has 0 bridgehead atoms. The molecule has 1 aromatic rings. The van der Waals surface area contributed by atoms with Gasteiger partial charge < -0.3 is 15.6 Å². The van der Waals surface area contributed by atoms with Gasteiger partial charge in [-0.3, -0.25) is 0 Å². The first-order valence-corrected chi connectivity index (χ1v) is 6.08. The largest absolute Gasteiger partial charge is 0.491 e. The fourth-order valence-electron chi connectivity index (χ4n) is 1.51. The normalized spacial score (nSPS) is 14.8. The molecule has 17 heavy (non-hydrogen) atoms. The second-order valence-electron chi connectivity index (χ2n) is 4.95. The van der Waals surface area contributed by atoms with Crippen LogP contribution in [0.15, 0.2) is 18.2 Å². The number of benzene rings is 1. The maximum Gasteiger partial charge on any atom is 0.124 e. The molecule has 0 radical (unpaired) electrons. The number of aliphatic hydroxyl groups excluding tert-OH is 1. The molecular weight excluding hydrogens is 214 g/mol. The zero-order valence-corrected chi connectivity index (χ0v) is 11.1. The third-order valence-corrected chi connectivity index (χ3v) is 2.84. The Hall–Kier alpha value is -1.06. The molecule has 0 saturated carbocycles. The maximum atomic E-state index is 9.73. The van der Waals surface area contributed by atoms with Crippen LogP contribution in [0, 0.1) is 12.8 Å². The monoisotopic (exact) mass is 237 g/mol. The van der Waals surface area contributed by atoms with Crippen molar-refractivity contribution in [3.8, 4) is 5.75 Å². The number of nitrogens with two attached hydrogens (primary N) is 1. The van der Waals surface area contributed by atoms with Crippen molar-refractivity contribution in [1.29, 1.82) is 0 Å². The lowest BCUT2D eigenvalue weighted by Gasteiger charge is -2.19. The summed E-state index contributed by atoms with van der Waals surface area (Å²) in [4.78, 5) is 0. The summed E-state index contributed by atoms with van der Waals surface area (Å²) in [6, 6.07) is 5.90. The van der Waals surface area contributed by atoms with Gasteiger partial charge in [0.1, 0.15) is 12.4 Å². The Labute approximate surface area is 104 Å². The van der Waals surface area contributed by atoms with Crippen LogP contribution in [-0.4, -0.2) is 17.8 Å². The van der Waals surface area contributed by atoms with Crippen LogP contribution in [0.25, 0.3) is 0 Å². The molecule has 1 aromatic carbocycles. The lowest BCUT2D eigenvalue weighted by molar-refractivity contribution is 0.0696. The SMILES string of the molecule is Cc1ccc([C@H](C)N)c(OCC(O)C(C)C)c1. The number of rotatable bonds is 5. The van der Waals surface area contributed by atoms with Crippen LogP contribution in [0.3, 0.4) is 0 Å². The molecule has 0 heterocycles. The Balaban J connectivity index is 2.78. The van der Waals surface area contributed by atoms with Crippen LogP contribution in [0.4, 0.5) is 0 Å². The quantitative estimate of drug-likeness (QED) is 0.827. The minimum atomic E-state index is -0.448. The Kier molecular flexibility index (Phi) is 4.97. The van der Waals surface area contributed by atoms with E-state index in [2.05, 4.69) is 0 Å². The van der Waals surface area contributed by atoms with Crippen LogP contribution in [0.5, 0.6) is 5.75 Å². The molecule has 96 valence electrons. The van der Waals surface area contributed by atoms with Crippen molar-refractivity contribution in [2.75, 3.05) is 6.61 Å². The Bertz CT molecular complexity index is 361.